The molecule has 1 nitrogen and oxygen atoms in total. The van der Waals surface area contributed by atoms with Crippen LogP contribution in [-0.4, -0.2) is 11.5 Å². The van der Waals surface area contributed by atoms with Gasteiger partial charge in [0, 0.05) is 10.4 Å². The lowest BCUT2D eigenvalue weighted by Gasteiger charge is -2.09. The minimum Gasteiger partial charge on any atom is -0.493 e. The van der Waals surface area contributed by atoms with Crippen LogP contribution in [0, 0.1) is 5.92 Å². The summed E-state index contributed by atoms with van der Waals surface area (Å²) in [5.74, 6) is 1.75. The number of aryl methyl sites for hydroxylation is 1. The van der Waals surface area contributed by atoms with Gasteiger partial charge < -0.3 is 4.74 Å². The first-order valence-corrected chi connectivity index (χ1v) is 16.5. The van der Waals surface area contributed by atoms with Crippen molar-refractivity contribution in [2.75, 3.05) is 6.61 Å². The van der Waals surface area contributed by atoms with Crippen molar-refractivity contribution in [2.45, 2.75) is 130 Å². The second-order valence-electron chi connectivity index (χ2n) is 11.7. The van der Waals surface area contributed by atoms with Crippen molar-refractivity contribution < 1.29 is 4.74 Å². The molecule has 0 saturated carbocycles. The third kappa shape index (κ3) is 16.1. The summed E-state index contributed by atoms with van der Waals surface area (Å²) in [6, 6.07) is 17.1. The van der Waals surface area contributed by atoms with Gasteiger partial charge in [-0.2, -0.15) is 0 Å². The first-order chi connectivity index (χ1) is 19.1. The molecule has 2 rings (SSSR count). The molecule has 39 heavy (non-hydrogen) atoms. The van der Waals surface area contributed by atoms with Crippen LogP contribution in [-0.2, 0) is 6.42 Å². The standard InChI is InChI=1S/C37H56OS/c1-4-5-6-7-8-9-10-11-12-13-14-15-20-31-38-36-24-19-18-23-34(36)29-30-37(39)35-27-25-33(26-28-35)22-17-16-21-32(2)3/h18-19,23-30,32H,4-17,20-22,31H2,1-3H3. The Balaban J connectivity index is 1.62. The molecule has 2 aromatic rings. The molecule has 0 aliphatic rings. The number of rotatable bonds is 23. The van der Waals surface area contributed by atoms with Crippen LogP contribution in [0.5, 0.6) is 5.75 Å². The Bertz CT molecular complexity index is 911. The molecule has 0 bridgehead atoms. The average Bonchev–Trinajstić information content (AvgIpc) is 2.95. The molecule has 2 heteroatoms. The predicted molar refractivity (Wildman–Crippen MR) is 177 cm³/mol. The summed E-state index contributed by atoms with van der Waals surface area (Å²) in [5.41, 5.74) is 3.61. The van der Waals surface area contributed by atoms with Gasteiger partial charge in [-0.1, -0.05) is 165 Å². The Labute approximate surface area is 246 Å². The molecule has 0 amide bonds. The normalized spacial score (nSPS) is 11.5. The lowest BCUT2D eigenvalue weighted by Crippen LogP contribution is -1.99. The van der Waals surface area contributed by atoms with E-state index >= 15 is 0 Å². The van der Waals surface area contributed by atoms with E-state index < -0.39 is 0 Å². The minimum atomic E-state index is 0.783. The highest BCUT2D eigenvalue weighted by atomic mass is 32.1. The van der Waals surface area contributed by atoms with Gasteiger partial charge in [-0.25, -0.2) is 0 Å². The molecule has 0 unspecified atom stereocenters. The smallest absolute Gasteiger partial charge is 0.126 e. The van der Waals surface area contributed by atoms with Crippen molar-refractivity contribution in [1.29, 1.82) is 0 Å². The van der Waals surface area contributed by atoms with Crippen LogP contribution in [0.25, 0.3) is 6.08 Å². The van der Waals surface area contributed by atoms with E-state index in [2.05, 4.69) is 75.4 Å². The Morgan fingerprint density at radius 1 is 0.718 bits per heavy atom. The van der Waals surface area contributed by atoms with E-state index in [4.69, 9.17) is 17.0 Å². The molecule has 0 aliphatic heterocycles. The van der Waals surface area contributed by atoms with Gasteiger partial charge in [0.25, 0.3) is 0 Å². The van der Waals surface area contributed by atoms with E-state index in [1.54, 1.807) is 0 Å². The molecule has 0 saturated heterocycles. The summed E-state index contributed by atoms with van der Waals surface area (Å²) in [5, 5.41) is 0. The number of thiocarbonyl (C=S) groups is 1. The summed E-state index contributed by atoms with van der Waals surface area (Å²) in [4.78, 5) is 0.868. The maximum absolute atomic E-state index is 6.16. The summed E-state index contributed by atoms with van der Waals surface area (Å²) < 4.78 is 6.16. The van der Waals surface area contributed by atoms with E-state index in [0.29, 0.717) is 0 Å². The molecule has 0 radical (unpaired) electrons. The number of unbranched alkanes of at least 4 members (excludes halogenated alkanes) is 13. The fourth-order valence-electron chi connectivity index (χ4n) is 5.03. The Morgan fingerprint density at radius 3 is 1.92 bits per heavy atom. The SMILES string of the molecule is CCCCCCCCCCCCCCCOc1ccccc1C=CC(=S)c1ccc(CCCCC(C)C)cc1. The zero-order valence-electron chi connectivity index (χ0n) is 25.4. The van der Waals surface area contributed by atoms with Gasteiger partial charge in [-0.15, -0.1) is 0 Å². The van der Waals surface area contributed by atoms with Crippen LogP contribution in [0.2, 0.25) is 0 Å². The van der Waals surface area contributed by atoms with E-state index in [1.807, 2.05) is 6.08 Å². The van der Waals surface area contributed by atoms with Crippen LogP contribution in [0.4, 0.5) is 0 Å². The first kappa shape index (κ1) is 33.3. The third-order valence-electron chi connectivity index (χ3n) is 7.57. The highest BCUT2D eigenvalue weighted by Crippen LogP contribution is 2.21. The summed E-state index contributed by atoms with van der Waals surface area (Å²) in [7, 11) is 0. The molecule has 0 spiro atoms. The Morgan fingerprint density at radius 2 is 1.31 bits per heavy atom. The van der Waals surface area contributed by atoms with Gasteiger partial charge in [-0.05, 0) is 54.5 Å². The fourth-order valence-corrected chi connectivity index (χ4v) is 5.23. The monoisotopic (exact) mass is 548 g/mol. The molecule has 0 fully saturated rings. The molecule has 0 aromatic heterocycles. The zero-order valence-corrected chi connectivity index (χ0v) is 26.2. The molecular weight excluding hydrogens is 492 g/mol. The number of hydrogen-bond acceptors (Lipinski definition) is 2. The van der Waals surface area contributed by atoms with Crippen LogP contribution >= 0.6 is 12.2 Å². The van der Waals surface area contributed by atoms with E-state index in [1.165, 1.54) is 102 Å². The molecular formula is C37H56OS. The summed E-state index contributed by atoms with van der Waals surface area (Å²) >= 11 is 5.71. The van der Waals surface area contributed by atoms with Gasteiger partial charge >= 0.3 is 0 Å². The number of para-hydroxylation sites is 1. The topological polar surface area (TPSA) is 9.23 Å². The van der Waals surface area contributed by atoms with Crippen molar-refractivity contribution in [3.63, 3.8) is 0 Å². The van der Waals surface area contributed by atoms with E-state index in [0.717, 1.165) is 47.1 Å². The van der Waals surface area contributed by atoms with Crippen molar-refractivity contribution in [3.05, 3.63) is 71.3 Å². The van der Waals surface area contributed by atoms with Crippen molar-refractivity contribution in [2.24, 2.45) is 5.92 Å². The maximum Gasteiger partial charge on any atom is 0.126 e. The highest BCUT2D eigenvalue weighted by Gasteiger charge is 2.03. The Kier molecular flexibility index (Phi) is 18.6. The molecule has 0 aliphatic carbocycles. The lowest BCUT2D eigenvalue weighted by atomic mass is 10.0. The van der Waals surface area contributed by atoms with Crippen LogP contribution in [0.15, 0.2) is 54.6 Å². The van der Waals surface area contributed by atoms with Crippen LogP contribution in [0.3, 0.4) is 0 Å². The molecule has 0 N–H and O–H groups in total. The first-order valence-electron chi connectivity index (χ1n) is 16.1. The molecule has 0 heterocycles. The maximum atomic E-state index is 6.16. The van der Waals surface area contributed by atoms with Gasteiger partial charge in [0.05, 0.1) is 6.61 Å². The summed E-state index contributed by atoms with van der Waals surface area (Å²) in [6.07, 6.45) is 27.0. The Hall–Kier alpha value is -1.93. The minimum absolute atomic E-state index is 0.783. The van der Waals surface area contributed by atoms with E-state index in [-0.39, 0.29) is 0 Å². The van der Waals surface area contributed by atoms with Gasteiger partial charge in [0.15, 0.2) is 0 Å². The van der Waals surface area contributed by atoms with Crippen LogP contribution in [0.1, 0.15) is 140 Å². The lowest BCUT2D eigenvalue weighted by molar-refractivity contribution is 0.303. The van der Waals surface area contributed by atoms with Crippen molar-refractivity contribution in [1.82, 2.24) is 0 Å². The fraction of sp³-hybridized carbons (Fsp3) is 0.595. The second-order valence-corrected chi connectivity index (χ2v) is 12.1. The van der Waals surface area contributed by atoms with Crippen molar-refractivity contribution in [3.8, 4) is 5.75 Å². The quantitative estimate of drug-likeness (QED) is 0.0591. The number of ether oxygens (including phenoxy) is 1. The predicted octanol–water partition coefficient (Wildman–Crippen LogP) is 12.0. The number of allylic oxidation sites excluding steroid dienone is 1. The molecule has 0 atom stereocenters. The summed E-state index contributed by atoms with van der Waals surface area (Å²) in [6.45, 7) is 7.67. The van der Waals surface area contributed by atoms with Gasteiger partial charge in [0.1, 0.15) is 5.75 Å². The second kappa shape index (κ2) is 21.8. The average molecular weight is 549 g/mol. The number of benzene rings is 2. The highest BCUT2D eigenvalue weighted by molar-refractivity contribution is 7.81. The van der Waals surface area contributed by atoms with Crippen LogP contribution < -0.4 is 4.74 Å². The van der Waals surface area contributed by atoms with Crippen molar-refractivity contribution >= 4 is 23.2 Å². The molecule has 2 aromatic carbocycles. The van der Waals surface area contributed by atoms with Gasteiger partial charge in [0.2, 0.25) is 0 Å². The van der Waals surface area contributed by atoms with E-state index in [9.17, 15) is 0 Å². The third-order valence-corrected chi connectivity index (χ3v) is 7.95. The number of hydrogen-bond donors (Lipinski definition) is 0. The molecule has 216 valence electrons. The zero-order chi connectivity index (χ0) is 28.0. The van der Waals surface area contributed by atoms with Gasteiger partial charge in [-0.3, -0.25) is 0 Å². The largest absolute Gasteiger partial charge is 0.493 e.